The van der Waals surface area contributed by atoms with Crippen LogP contribution in [0.4, 0.5) is 0 Å². The number of pyridine rings is 1. The van der Waals surface area contributed by atoms with E-state index in [0.717, 1.165) is 16.7 Å². The lowest BCUT2D eigenvalue weighted by atomic mass is 9.93. The zero-order valence-corrected chi connectivity index (χ0v) is 19.4. The highest BCUT2D eigenvalue weighted by Gasteiger charge is 2.31. The van der Waals surface area contributed by atoms with Gasteiger partial charge in [0.15, 0.2) is 0 Å². The summed E-state index contributed by atoms with van der Waals surface area (Å²) in [6, 6.07) is 20.5. The number of aromatic nitrogens is 1. The molecule has 1 aromatic heterocycles. The van der Waals surface area contributed by atoms with Crippen LogP contribution in [0.5, 0.6) is 0 Å². The van der Waals surface area contributed by atoms with Crippen molar-refractivity contribution in [2.45, 2.75) is 26.7 Å². The third-order valence-corrected chi connectivity index (χ3v) is 6.42. The van der Waals surface area contributed by atoms with Crippen molar-refractivity contribution in [1.82, 2.24) is 14.8 Å². The first-order valence-corrected chi connectivity index (χ1v) is 11.7. The summed E-state index contributed by atoms with van der Waals surface area (Å²) in [5.41, 5.74) is 5.60. The van der Waals surface area contributed by atoms with Crippen molar-refractivity contribution in [3.05, 3.63) is 89.7 Å². The second-order valence-electron chi connectivity index (χ2n) is 8.71. The van der Waals surface area contributed by atoms with Crippen LogP contribution in [0, 0.1) is 12.8 Å². The molecule has 1 saturated heterocycles. The lowest BCUT2D eigenvalue weighted by molar-refractivity contribution is -0.134. The molecule has 2 heterocycles. The number of carbonyl (C=O) groups excluding carboxylic acids is 2. The van der Waals surface area contributed by atoms with Gasteiger partial charge in [0.25, 0.3) is 0 Å². The van der Waals surface area contributed by atoms with Crippen molar-refractivity contribution in [2.24, 2.45) is 5.92 Å². The zero-order valence-electron chi connectivity index (χ0n) is 19.4. The van der Waals surface area contributed by atoms with Crippen molar-refractivity contribution in [3.63, 3.8) is 0 Å². The van der Waals surface area contributed by atoms with Crippen LogP contribution < -0.4 is 0 Å². The molecule has 1 atom stereocenters. The van der Waals surface area contributed by atoms with Crippen molar-refractivity contribution < 1.29 is 9.59 Å². The highest BCUT2D eigenvalue weighted by atomic mass is 16.2. The van der Waals surface area contributed by atoms with Crippen LogP contribution in [0.3, 0.4) is 0 Å². The number of rotatable bonds is 6. The Morgan fingerprint density at radius 1 is 1.03 bits per heavy atom. The number of benzene rings is 2. The van der Waals surface area contributed by atoms with Gasteiger partial charge in [-0.3, -0.25) is 14.6 Å². The fourth-order valence-corrected chi connectivity index (χ4v) is 4.57. The predicted molar refractivity (Wildman–Crippen MR) is 131 cm³/mol. The Morgan fingerprint density at radius 3 is 2.61 bits per heavy atom. The quantitative estimate of drug-likeness (QED) is 0.578. The number of likely N-dealkylation sites (N-methyl/N-ethyl adjacent to an activating group) is 1. The molecule has 0 radical (unpaired) electrons. The molecule has 0 bridgehead atoms. The zero-order chi connectivity index (χ0) is 23.2. The predicted octanol–water partition coefficient (Wildman–Crippen LogP) is 4.15. The van der Waals surface area contributed by atoms with E-state index in [1.807, 2.05) is 34.9 Å². The largest absolute Gasteiger partial charge is 0.341 e. The summed E-state index contributed by atoms with van der Waals surface area (Å²) < 4.78 is 0. The van der Waals surface area contributed by atoms with Crippen molar-refractivity contribution in [1.29, 1.82) is 0 Å². The van der Waals surface area contributed by atoms with Gasteiger partial charge in [-0.2, -0.15) is 0 Å². The minimum absolute atomic E-state index is 0.0485. The lowest BCUT2D eigenvalue weighted by Gasteiger charge is -2.24. The van der Waals surface area contributed by atoms with Gasteiger partial charge >= 0.3 is 0 Å². The standard InChI is InChI=1S/C28H31N3O2/c1-3-30-14-15-31(27(32)18-23-10-7-13-29-19-23)20-25(28(30)33)17-22-9-6-11-24(16-22)26-12-5-4-8-21(26)2/h4-13,16,19,25H,3,14-15,17-18,20H2,1-2H3/t25-/m0/s1. The van der Waals surface area contributed by atoms with Crippen molar-refractivity contribution in [3.8, 4) is 11.1 Å². The van der Waals surface area contributed by atoms with Crippen LogP contribution in [-0.4, -0.2) is 52.8 Å². The molecule has 1 aliphatic rings. The molecule has 5 heteroatoms. The van der Waals surface area contributed by atoms with Crippen LogP contribution >= 0.6 is 0 Å². The number of hydrogen-bond donors (Lipinski definition) is 0. The van der Waals surface area contributed by atoms with Gasteiger partial charge in [-0.25, -0.2) is 0 Å². The number of hydrogen-bond acceptors (Lipinski definition) is 3. The minimum Gasteiger partial charge on any atom is -0.341 e. The second-order valence-corrected chi connectivity index (χ2v) is 8.71. The second kappa shape index (κ2) is 10.4. The summed E-state index contributed by atoms with van der Waals surface area (Å²) in [5, 5.41) is 0. The average molecular weight is 442 g/mol. The number of carbonyl (C=O) groups is 2. The first-order chi connectivity index (χ1) is 16.0. The summed E-state index contributed by atoms with van der Waals surface area (Å²) in [6.45, 7) is 6.36. The van der Waals surface area contributed by atoms with Crippen LogP contribution in [0.2, 0.25) is 0 Å². The van der Waals surface area contributed by atoms with E-state index >= 15 is 0 Å². The molecule has 170 valence electrons. The molecule has 0 aliphatic carbocycles. The molecule has 3 aromatic rings. The first-order valence-electron chi connectivity index (χ1n) is 11.7. The van der Waals surface area contributed by atoms with Gasteiger partial charge in [-0.15, -0.1) is 0 Å². The topological polar surface area (TPSA) is 53.5 Å². The SMILES string of the molecule is CCN1CCN(C(=O)Cc2cccnc2)C[C@H](Cc2cccc(-c3ccccc3C)c2)C1=O. The normalized spacial score (nSPS) is 16.5. The van der Waals surface area contributed by atoms with Gasteiger partial charge in [-0.05, 0) is 54.2 Å². The third-order valence-electron chi connectivity index (χ3n) is 6.42. The Morgan fingerprint density at radius 2 is 1.85 bits per heavy atom. The highest BCUT2D eigenvalue weighted by Crippen LogP contribution is 2.26. The molecule has 1 aliphatic heterocycles. The Kier molecular flexibility index (Phi) is 7.18. The van der Waals surface area contributed by atoms with Gasteiger partial charge in [0.1, 0.15) is 0 Å². The van der Waals surface area contributed by atoms with Crippen molar-refractivity contribution >= 4 is 11.8 Å². The van der Waals surface area contributed by atoms with E-state index in [1.54, 1.807) is 12.4 Å². The van der Waals surface area contributed by atoms with E-state index < -0.39 is 0 Å². The van der Waals surface area contributed by atoms with E-state index in [2.05, 4.69) is 54.4 Å². The van der Waals surface area contributed by atoms with Crippen LogP contribution in [0.25, 0.3) is 11.1 Å². The van der Waals surface area contributed by atoms with Crippen LogP contribution in [-0.2, 0) is 22.4 Å². The van der Waals surface area contributed by atoms with Crippen LogP contribution in [0.15, 0.2) is 73.1 Å². The lowest BCUT2D eigenvalue weighted by Crippen LogP contribution is -2.38. The minimum atomic E-state index is -0.252. The Balaban J connectivity index is 1.54. The molecule has 0 spiro atoms. The fraction of sp³-hybridized carbons (Fsp3) is 0.321. The van der Waals surface area contributed by atoms with Gasteiger partial charge in [0.05, 0.1) is 12.3 Å². The maximum atomic E-state index is 13.3. The highest BCUT2D eigenvalue weighted by molar-refractivity contribution is 5.83. The number of nitrogens with zero attached hydrogens (tertiary/aromatic N) is 3. The molecule has 2 amide bonds. The molecule has 1 fully saturated rings. The summed E-state index contributed by atoms with van der Waals surface area (Å²) in [7, 11) is 0. The van der Waals surface area contributed by atoms with Gasteiger partial charge < -0.3 is 9.80 Å². The molecule has 0 N–H and O–H groups in total. The summed E-state index contributed by atoms with van der Waals surface area (Å²) in [6.07, 6.45) is 4.36. The smallest absolute Gasteiger partial charge is 0.227 e. The van der Waals surface area contributed by atoms with E-state index in [4.69, 9.17) is 0 Å². The maximum Gasteiger partial charge on any atom is 0.227 e. The average Bonchev–Trinajstić information content (AvgIpc) is 2.99. The molecule has 2 aromatic carbocycles. The van der Waals surface area contributed by atoms with Gasteiger partial charge in [0, 0.05) is 38.6 Å². The molecule has 0 unspecified atom stereocenters. The van der Waals surface area contributed by atoms with E-state index in [-0.39, 0.29) is 17.7 Å². The summed E-state index contributed by atoms with van der Waals surface area (Å²) in [4.78, 5) is 34.2. The Labute approximate surface area is 196 Å². The van der Waals surface area contributed by atoms with Gasteiger partial charge in [0.2, 0.25) is 11.8 Å². The molecule has 0 saturated carbocycles. The molecule has 33 heavy (non-hydrogen) atoms. The summed E-state index contributed by atoms with van der Waals surface area (Å²) >= 11 is 0. The van der Waals surface area contributed by atoms with Gasteiger partial charge in [-0.1, -0.05) is 54.6 Å². The Hall–Kier alpha value is -3.47. The number of amides is 2. The van der Waals surface area contributed by atoms with E-state index in [9.17, 15) is 9.59 Å². The maximum absolute atomic E-state index is 13.3. The third kappa shape index (κ3) is 5.48. The van der Waals surface area contributed by atoms with E-state index in [0.29, 0.717) is 39.0 Å². The molecular formula is C28H31N3O2. The molecule has 5 nitrogen and oxygen atoms in total. The first kappa shape index (κ1) is 22.7. The van der Waals surface area contributed by atoms with E-state index in [1.165, 1.54) is 11.1 Å². The number of aryl methyl sites for hydroxylation is 1. The monoisotopic (exact) mass is 441 g/mol. The fourth-order valence-electron chi connectivity index (χ4n) is 4.57. The molecule has 4 rings (SSSR count). The van der Waals surface area contributed by atoms with Crippen molar-refractivity contribution in [2.75, 3.05) is 26.2 Å². The van der Waals surface area contributed by atoms with Crippen LogP contribution in [0.1, 0.15) is 23.6 Å². The molecular weight excluding hydrogens is 410 g/mol. The Bertz CT molecular complexity index is 1110. The summed E-state index contributed by atoms with van der Waals surface area (Å²) in [5.74, 6) is -0.0692.